The van der Waals surface area contributed by atoms with Crippen LogP contribution in [0.2, 0.25) is 0 Å². The summed E-state index contributed by atoms with van der Waals surface area (Å²) in [7, 11) is 0. The predicted octanol–water partition coefficient (Wildman–Crippen LogP) is 14.9. The minimum atomic E-state index is 0.910. The lowest BCUT2D eigenvalue weighted by Crippen LogP contribution is -2.09. The normalized spacial score (nSPS) is 11.3. The molecular formula is C52H35NO. The SMILES string of the molecule is c1ccc(N(c2ccc(-c3cccc(-c4cccc(-c5ccc6ccccc6c5)c4)c3)cc2)c2ccc(-c3ccc4oc5ccccc5c4c3)cc2)cc1. The van der Waals surface area contributed by atoms with E-state index >= 15 is 0 Å². The minimum absolute atomic E-state index is 0.910. The number of anilines is 3. The molecule has 0 saturated carbocycles. The summed E-state index contributed by atoms with van der Waals surface area (Å²) >= 11 is 0. The Morgan fingerprint density at radius 1 is 0.259 bits per heavy atom. The molecule has 0 amide bonds. The largest absolute Gasteiger partial charge is 0.456 e. The van der Waals surface area contributed by atoms with Crippen molar-refractivity contribution in [1.82, 2.24) is 0 Å². The first kappa shape index (κ1) is 31.6. The summed E-state index contributed by atoms with van der Waals surface area (Å²) in [6.45, 7) is 0. The van der Waals surface area contributed by atoms with Crippen LogP contribution in [0.4, 0.5) is 17.1 Å². The standard InChI is InChI=1S/C52H35NO/c1-2-16-46(17-3-1)53(48-29-24-38(25-30-48)45-26-31-52-50(35-45)49-18-6-7-19-51(49)54-52)47-27-22-37(23-28-47)40-12-8-13-41(32-40)42-14-9-15-43(34-42)44-21-20-36-10-4-5-11-39(36)33-44/h1-35H. The number of rotatable bonds is 7. The molecule has 1 heterocycles. The topological polar surface area (TPSA) is 16.4 Å². The van der Waals surface area contributed by atoms with Crippen molar-refractivity contribution in [3.05, 3.63) is 212 Å². The van der Waals surface area contributed by atoms with Crippen LogP contribution in [0.5, 0.6) is 0 Å². The first-order valence-corrected chi connectivity index (χ1v) is 18.4. The van der Waals surface area contributed by atoms with Crippen molar-refractivity contribution in [1.29, 1.82) is 0 Å². The van der Waals surface area contributed by atoms with Crippen LogP contribution in [0.3, 0.4) is 0 Å². The van der Waals surface area contributed by atoms with Gasteiger partial charge in [-0.05, 0) is 128 Å². The summed E-state index contributed by atoms with van der Waals surface area (Å²) in [5.74, 6) is 0. The van der Waals surface area contributed by atoms with Crippen LogP contribution in [0.25, 0.3) is 77.2 Å². The number of nitrogens with zero attached hydrogens (tertiary/aromatic N) is 1. The lowest BCUT2D eigenvalue weighted by molar-refractivity contribution is 0.669. The van der Waals surface area contributed by atoms with Gasteiger partial charge >= 0.3 is 0 Å². The molecule has 1 aromatic heterocycles. The molecule has 10 rings (SSSR count). The molecule has 2 heteroatoms. The van der Waals surface area contributed by atoms with Crippen molar-refractivity contribution >= 4 is 49.8 Å². The zero-order valence-electron chi connectivity index (χ0n) is 29.6. The smallest absolute Gasteiger partial charge is 0.135 e. The molecule has 0 spiro atoms. The highest BCUT2D eigenvalue weighted by molar-refractivity contribution is 6.06. The van der Waals surface area contributed by atoms with Crippen LogP contribution < -0.4 is 4.90 Å². The fourth-order valence-electron chi connectivity index (χ4n) is 7.66. The van der Waals surface area contributed by atoms with Crippen LogP contribution in [-0.4, -0.2) is 0 Å². The van der Waals surface area contributed by atoms with Gasteiger partial charge in [-0.2, -0.15) is 0 Å². The maximum absolute atomic E-state index is 6.08. The number of hydrogen-bond acceptors (Lipinski definition) is 2. The molecule has 0 N–H and O–H groups in total. The molecule has 54 heavy (non-hydrogen) atoms. The summed E-state index contributed by atoms with van der Waals surface area (Å²) in [6.07, 6.45) is 0. The number of furan rings is 1. The van der Waals surface area contributed by atoms with Crippen molar-refractivity contribution in [3.8, 4) is 44.5 Å². The molecule has 2 nitrogen and oxygen atoms in total. The second kappa shape index (κ2) is 13.4. The summed E-state index contributed by atoms with van der Waals surface area (Å²) in [5.41, 5.74) is 14.7. The van der Waals surface area contributed by atoms with Gasteiger partial charge in [0, 0.05) is 27.8 Å². The van der Waals surface area contributed by atoms with E-state index in [2.05, 4.69) is 205 Å². The minimum Gasteiger partial charge on any atom is -0.456 e. The molecule has 9 aromatic carbocycles. The van der Waals surface area contributed by atoms with E-state index in [9.17, 15) is 0 Å². The molecule has 254 valence electrons. The molecule has 0 atom stereocenters. The molecule has 0 saturated heterocycles. The molecule has 0 radical (unpaired) electrons. The average Bonchev–Trinajstić information content (AvgIpc) is 3.63. The number of para-hydroxylation sites is 2. The third-order valence-electron chi connectivity index (χ3n) is 10.5. The van der Waals surface area contributed by atoms with Gasteiger partial charge in [-0.1, -0.05) is 140 Å². The Kier molecular flexibility index (Phi) is 7.85. The highest BCUT2D eigenvalue weighted by Gasteiger charge is 2.14. The molecule has 0 aliphatic rings. The molecule has 0 aliphatic carbocycles. The second-order valence-electron chi connectivity index (χ2n) is 13.8. The summed E-state index contributed by atoms with van der Waals surface area (Å²) in [5, 5.41) is 4.79. The van der Waals surface area contributed by atoms with Gasteiger partial charge in [0.25, 0.3) is 0 Å². The van der Waals surface area contributed by atoms with E-state index in [0.717, 1.165) is 44.6 Å². The zero-order chi connectivity index (χ0) is 35.8. The zero-order valence-corrected chi connectivity index (χ0v) is 29.6. The van der Waals surface area contributed by atoms with E-state index in [-0.39, 0.29) is 0 Å². The van der Waals surface area contributed by atoms with E-state index < -0.39 is 0 Å². The first-order chi connectivity index (χ1) is 26.7. The highest BCUT2D eigenvalue weighted by Crippen LogP contribution is 2.38. The maximum Gasteiger partial charge on any atom is 0.135 e. The van der Waals surface area contributed by atoms with Crippen LogP contribution in [-0.2, 0) is 0 Å². The van der Waals surface area contributed by atoms with Gasteiger partial charge in [-0.25, -0.2) is 0 Å². The van der Waals surface area contributed by atoms with Gasteiger partial charge in [0.15, 0.2) is 0 Å². The quantitative estimate of drug-likeness (QED) is 0.166. The van der Waals surface area contributed by atoms with Gasteiger partial charge in [0.05, 0.1) is 0 Å². The van der Waals surface area contributed by atoms with Crippen molar-refractivity contribution in [3.63, 3.8) is 0 Å². The van der Waals surface area contributed by atoms with Gasteiger partial charge in [0.1, 0.15) is 11.2 Å². The predicted molar refractivity (Wildman–Crippen MR) is 228 cm³/mol. The van der Waals surface area contributed by atoms with Crippen LogP contribution in [0.15, 0.2) is 217 Å². The monoisotopic (exact) mass is 689 g/mol. The molecule has 0 bridgehead atoms. The summed E-state index contributed by atoms with van der Waals surface area (Å²) < 4.78 is 6.08. The summed E-state index contributed by atoms with van der Waals surface area (Å²) in [4.78, 5) is 2.31. The van der Waals surface area contributed by atoms with E-state index in [1.807, 2.05) is 12.1 Å². The van der Waals surface area contributed by atoms with Crippen LogP contribution in [0.1, 0.15) is 0 Å². The molecule has 0 aliphatic heterocycles. The van der Waals surface area contributed by atoms with Crippen molar-refractivity contribution in [2.45, 2.75) is 0 Å². The van der Waals surface area contributed by atoms with Crippen LogP contribution in [0, 0.1) is 0 Å². The van der Waals surface area contributed by atoms with E-state index in [0.29, 0.717) is 0 Å². The first-order valence-electron chi connectivity index (χ1n) is 18.4. The second-order valence-corrected chi connectivity index (χ2v) is 13.8. The molecule has 0 fully saturated rings. The fourth-order valence-corrected chi connectivity index (χ4v) is 7.66. The van der Waals surface area contributed by atoms with Crippen molar-refractivity contribution in [2.24, 2.45) is 0 Å². The Bertz CT molecular complexity index is 2920. The average molecular weight is 690 g/mol. The lowest BCUT2D eigenvalue weighted by atomic mass is 9.95. The fraction of sp³-hybridized carbons (Fsp3) is 0. The van der Waals surface area contributed by atoms with E-state index in [4.69, 9.17) is 4.42 Å². The number of fused-ring (bicyclic) bond motifs is 4. The summed E-state index contributed by atoms with van der Waals surface area (Å²) in [6, 6.07) is 76.0. The Balaban J connectivity index is 0.944. The third-order valence-corrected chi connectivity index (χ3v) is 10.5. The highest BCUT2D eigenvalue weighted by atomic mass is 16.3. The van der Waals surface area contributed by atoms with E-state index in [1.165, 1.54) is 49.7 Å². The Labute approximate surface area is 314 Å². The number of benzene rings is 9. The third kappa shape index (κ3) is 5.90. The van der Waals surface area contributed by atoms with Gasteiger partial charge in [-0.3, -0.25) is 0 Å². The van der Waals surface area contributed by atoms with Crippen LogP contribution >= 0.6 is 0 Å². The van der Waals surface area contributed by atoms with Gasteiger partial charge < -0.3 is 9.32 Å². The number of hydrogen-bond donors (Lipinski definition) is 0. The van der Waals surface area contributed by atoms with Gasteiger partial charge in [-0.15, -0.1) is 0 Å². The molecule has 0 unspecified atom stereocenters. The Morgan fingerprint density at radius 2 is 0.722 bits per heavy atom. The Hall–Kier alpha value is -7.16. The Morgan fingerprint density at radius 3 is 1.39 bits per heavy atom. The van der Waals surface area contributed by atoms with E-state index in [1.54, 1.807) is 0 Å². The van der Waals surface area contributed by atoms with Crippen molar-refractivity contribution < 1.29 is 4.42 Å². The molecule has 10 aromatic rings. The van der Waals surface area contributed by atoms with Crippen molar-refractivity contribution in [2.75, 3.05) is 4.90 Å². The maximum atomic E-state index is 6.08. The molecular weight excluding hydrogens is 655 g/mol. The van der Waals surface area contributed by atoms with Gasteiger partial charge in [0.2, 0.25) is 0 Å². The lowest BCUT2D eigenvalue weighted by Gasteiger charge is -2.26.